The van der Waals surface area contributed by atoms with Crippen LogP contribution in [0.2, 0.25) is 0 Å². The Morgan fingerprint density at radius 2 is 1.94 bits per heavy atom. The minimum atomic E-state index is 0.641. The van der Waals surface area contributed by atoms with Crippen LogP contribution in [0.25, 0.3) is 0 Å². The SMILES string of the molecule is CC(C)CN(CCN(C)C)c1ccc(Br)cn1. The van der Waals surface area contributed by atoms with Crippen LogP contribution in [0, 0.1) is 5.92 Å². The average molecular weight is 300 g/mol. The summed E-state index contributed by atoms with van der Waals surface area (Å²) in [5.41, 5.74) is 0. The van der Waals surface area contributed by atoms with Crippen LogP contribution in [0.4, 0.5) is 5.82 Å². The largest absolute Gasteiger partial charge is 0.355 e. The first-order valence-electron chi connectivity index (χ1n) is 6.00. The molecule has 3 nitrogen and oxygen atoms in total. The van der Waals surface area contributed by atoms with Crippen molar-refractivity contribution in [1.29, 1.82) is 0 Å². The molecule has 0 amide bonds. The standard InChI is InChI=1S/C13H22BrN3/c1-11(2)10-17(8-7-16(3)4)13-6-5-12(14)9-15-13/h5-6,9,11H,7-8,10H2,1-4H3. The molecule has 0 saturated carbocycles. The molecule has 1 heterocycles. The highest BCUT2D eigenvalue weighted by atomic mass is 79.9. The molecule has 0 aliphatic rings. The molecular weight excluding hydrogens is 278 g/mol. The Morgan fingerprint density at radius 1 is 1.24 bits per heavy atom. The summed E-state index contributed by atoms with van der Waals surface area (Å²) >= 11 is 3.42. The molecule has 0 aliphatic carbocycles. The topological polar surface area (TPSA) is 19.4 Å². The number of pyridine rings is 1. The van der Waals surface area contributed by atoms with Gasteiger partial charge in [0, 0.05) is 30.3 Å². The predicted molar refractivity (Wildman–Crippen MR) is 77.5 cm³/mol. The number of halogens is 1. The van der Waals surface area contributed by atoms with Gasteiger partial charge in [-0.15, -0.1) is 0 Å². The number of hydrogen-bond acceptors (Lipinski definition) is 3. The normalized spacial score (nSPS) is 11.2. The van der Waals surface area contributed by atoms with E-state index >= 15 is 0 Å². The summed E-state index contributed by atoms with van der Waals surface area (Å²) in [5, 5.41) is 0. The number of likely N-dealkylation sites (N-methyl/N-ethyl adjacent to an activating group) is 1. The van der Waals surface area contributed by atoms with Crippen molar-refractivity contribution in [2.45, 2.75) is 13.8 Å². The highest BCUT2D eigenvalue weighted by Crippen LogP contribution is 2.15. The third-order valence-corrected chi connectivity index (χ3v) is 2.91. The van der Waals surface area contributed by atoms with Gasteiger partial charge in [-0.05, 0) is 48.1 Å². The summed E-state index contributed by atoms with van der Waals surface area (Å²) in [6.07, 6.45) is 1.86. The fraction of sp³-hybridized carbons (Fsp3) is 0.615. The van der Waals surface area contributed by atoms with E-state index in [0.29, 0.717) is 5.92 Å². The summed E-state index contributed by atoms with van der Waals surface area (Å²) in [6, 6.07) is 4.12. The number of hydrogen-bond donors (Lipinski definition) is 0. The fourth-order valence-electron chi connectivity index (χ4n) is 1.62. The molecule has 0 aliphatic heterocycles. The van der Waals surface area contributed by atoms with Crippen molar-refractivity contribution in [2.24, 2.45) is 5.92 Å². The monoisotopic (exact) mass is 299 g/mol. The number of rotatable bonds is 6. The van der Waals surface area contributed by atoms with Gasteiger partial charge in [0.15, 0.2) is 0 Å². The predicted octanol–water partition coefficient (Wildman–Crippen LogP) is 2.87. The zero-order valence-electron chi connectivity index (χ0n) is 11.2. The van der Waals surface area contributed by atoms with Crippen molar-refractivity contribution in [2.75, 3.05) is 38.6 Å². The summed E-state index contributed by atoms with van der Waals surface area (Å²) < 4.78 is 1.03. The van der Waals surface area contributed by atoms with Crippen molar-refractivity contribution in [3.63, 3.8) is 0 Å². The number of aromatic nitrogens is 1. The molecule has 0 bridgehead atoms. The maximum absolute atomic E-state index is 4.47. The minimum Gasteiger partial charge on any atom is -0.355 e. The lowest BCUT2D eigenvalue weighted by molar-refractivity contribution is 0.408. The van der Waals surface area contributed by atoms with Crippen LogP contribution in [-0.4, -0.2) is 43.6 Å². The second kappa shape index (κ2) is 6.97. The van der Waals surface area contributed by atoms with Crippen LogP contribution in [0.5, 0.6) is 0 Å². The van der Waals surface area contributed by atoms with Crippen molar-refractivity contribution in [3.05, 3.63) is 22.8 Å². The van der Waals surface area contributed by atoms with E-state index < -0.39 is 0 Å². The molecule has 96 valence electrons. The molecule has 0 spiro atoms. The van der Waals surface area contributed by atoms with E-state index in [4.69, 9.17) is 0 Å². The van der Waals surface area contributed by atoms with E-state index in [1.54, 1.807) is 0 Å². The van der Waals surface area contributed by atoms with Crippen LogP contribution in [-0.2, 0) is 0 Å². The maximum Gasteiger partial charge on any atom is 0.128 e. The first-order valence-corrected chi connectivity index (χ1v) is 6.79. The molecule has 0 unspecified atom stereocenters. The van der Waals surface area contributed by atoms with E-state index in [1.165, 1.54) is 0 Å². The Balaban J connectivity index is 2.70. The van der Waals surface area contributed by atoms with E-state index in [-0.39, 0.29) is 0 Å². The molecular formula is C13H22BrN3. The Morgan fingerprint density at radius 3 is 2.41 bits per heavy atom. The molecule has 0 aromatic carbocycles. The van der Waals surface area contributed by atoms with Gasteiger partial charge in [0.05, 0.1) is 0 Å². The second-order valence-electron chi connectivity index (χ2n) is 4.98. The lowest BCUT2D eigenvalue weighted by atomic mass is 10.2. The Bertz CT molecular complexity index is 322. The fourth-order valence-corrected chi connectivity index (χ4v) is 1.85. The van der Waals surface area contributed by atoms with E-state index in [2.05, 4.69) is 64.7 Å². The van der Waals surface area contributed by atoms with Crippen LogP contribution >= 0.6 is 15.9 Å². The van der Waals surface area contributed by atoms with Crippen LogP contribution < -0.4 is 4.90 Å². The Hall–Kier alpha value is -0.610. The third kappa shape index (κ3) is 5.50. The molecule has 4 heteroatoms. The quantitative estimate of drug-likeness (QED) is 0.805. The van der Waals surface area contributed by atoms with Crippen molar-refractivity contribution < 1.29 is 0 Å². The van der Waals surface area contributed by atoms with Gasteiger partial charge in [0.2, 0.25) is 0 Å². The lowest BCUT2D eigenvalue weighted by Crippen LogP contribution is -2.34. The van der Waals surface area contributed by atoms with Gasteiger partial charge in [-0.3, -0.25) is 0 Å². The third-order valence-electron chi connectivity index (χ3n) is 2.44. The van der Waals surface area contributed by atoms with E-state index in [0.717, 1.165) is 29.9 Å². The van der Waals surface area contributed by atoms with Crippen molar-refractivity contribution >= 4 is 21.7 Å². The Kier molecular flexibility index (Phi) is 5.92. The molecule has 1 aromatic rings. The maximum atomic E-state index is 4.47. The highest BCUT2D eigenvalue weighted by Gasteiger charge is 2.09. The molecule has 0 saturated heterocycles. The van der Waals surface area contributed by atoms with Gasteiger partial charge in [0.25, 0.3) is 0 Å². The summed E-state index contributed by atoms with van der Waals surface area (Å²) in [6.45, 7) is 7.58. The molecule has 1 rings (SSSR count). The van der Waals surface area contributed by atoms with Gasteiger partial charge in [0.1, 0.15) is 5.82 Å². The van der Waals surface area contributed by atoms with Crippen LogP contribution in [0.3, 0.4) is 0 Å². The first-order chi connectivity index (χ1) is 7.99. The lowest BCUT2D eigenvalue weighted by Gasteiger charge is -2.27. The van der Waals surface area contributed by atoms with Gasteiger partial charge in [-0.25, -0.2) is 4.98 Å². The van der Waals surface area contributed by atoms with Crippen molar-refractivity contribution in [1.82, 2.24) is 9.88 Å². The summed E-state index contributed by atoms with van der Waals surface area (Å²) in [7, 11) is 4.20. The molecule has 0 atom stereocenters. The Labute approximate surface area is 113 Å². The summed E-state index contributed by atoms with van der Waals surface area (Å²) in [5.74, 6) is 1.70. The van der Waals surface area contributed by atoms with Crippen LogP contribution in [0.1, 0.15) is 13.8 Å². The number of nitrogens with zero attached hydrogens (tertiary/aromatic N) is 3. The van der Waals surface area contributed by atoms with Gasteiger partial charge in [-0.1, -0.05) is 13.8 Å². The molecule has 17 heavy (non-hydrogen) atoms. The van der Waals surface area contributed by atoms with Gasteiger partial charge < -0.3 is 9.80 Å². The average Bonchev–Trinajstić information content (AvgIpc) is 2.25. The van der Waals surface area contributed by atoms with E-state index in [1.807, 2.05) is 12.3 Å². The summed E-state index contributed by atoms with van der Waals surface area (Å²) in [4.78, 5) is 9.02. The molecule has 0 fully saturated rings. The smallest absolute Gasteiger partial charge is 0.128 e. The minimum absolute atomic E-state index is 0.641. The van der Waals surface area contributed by atoms with Gasteiger partial charge >= 0.3 is 0 Å². The van der Waals surface area contributed by atoms with Crippen molar-refractivity contribution in [3.8, 4) is 0 Å². The second-order valence-corrected chi connectivity index (χ2v) is 5.89. The van der Waals surface area contributed by atoms with Crippen LogP contribution in [0.15, 0.2) is 22.8 Å². The van der Waals surface area contributed by atoms with Gasteiger partial charge in [-0.2, -0.15) is 0 Å². The molecule has 1 aromatic heterocycles. The molecule has 0 N–H and O–H groups in total. The first kappa shape index (κ1) is 14.5. The number of anilines is 1. The zero-order chi connectivity index (χ0) is 12.8. The zero-order valence-corrected chi connectivity index (χ0v) is 12.7. The highest BCUT2D eigenvalue weighted by molar-refractivity contribution is 9.10. The molecule has 0 radical (unpaired) electrons. The van der Waals surface area contributed by atoms with E-state index in [9.17, 15) is 0 Å².